The van der Waals surface area contributed by atoms with Crippen LogP contribution in [0.5, 0.6) is 0 Å². The summed E-state index contributed by atoms with van der Waals surface area (Å²) in [5.41, 5.74) is 1.14. The summed E-state index contributed by atoms with van der Waals surface area (Å²) < 4.78 is 30.4. The van der Waals surface area contributed by atoms with Gasteiger partial charge in [0.1, 0.15) is 18.3 Å². The molecule has 2 bridgehead atoms. The summed E-state index contributed by atoms with van der Waals surface area (Å²) in [5, 5.41) is 0. The Morgan fingerprint density at radius 2 is 1.38 bits per heavy atom. The Hall–Kier alpha value is -3.99. The van der Waals surface area contributed by atoms with Crippen LogP contribution in [0.15, 0.2) is 53.6 Å². The first-order valence-corrected chi connectivity index (χ1v) is 17.3. The van der Waals surface area contributed by atoms with Crippen LogP contribution < -0.4 is 0 Å². The zero-order valence-electron chi connectivity index (χ0n) is 31.1. The van der Waals surface area contributed by atoms with Gasteiger partial charge in [0.2, 0.25) is 0 Å². The van der Waals surface area contributed by atoms with Crippen LogP contribution >= 0.6 is 0 Å². The van der Waals surface area contributed by atoms with Crippen LogP contribution in [0.4, 0.5) is 0 Å². The second-order valence-electron chi connectivity index (χ2n) is 15.0. The molecule has 0 saturated heterocycles. The van der Waals surface area contributed by atoms with Crippen LogP contribution in [0, 0.1) is 22.7 Å². The van der Waals surface area contributed by atoms with Gasteiger partial charge in [-0.1, -0.05) is 57.7 Å². The molecule has 50 heavy (non-hydrogen) atoms. The van der Waals surface area contributed by atoms with E-state index in [0.717, 1.165) is 5.56 Å². The molecule has 0 heterocycles. The summed E-state index contributed by atoms with van der Waals surface area (Å²) in [6, 6.07) is 9.43. The highest BCUT2D eigenvalue weighted by Gasteiger charge is 2.64. The number of hydrogen-bond acceptors (Lipinski definition) is 11. The largest absolute Gasteiger partial charge is 0.462 e. The monoisotopic (exact) mass is 695 g/mol. The SMILES string of the molecule is C=C1[C@@H](OC(=O)C[C@H](c2ccccc2)N(C)C)C[C@H](OC(C)=O)[C@@]2(C)C(OC(C)=O)[C@H](OC(C)=O)C3=C(C)[C@@H](OC(C)=O)C[C@@H](C[C@H]12)C3(C)C. The number of carbonyl (C=O) groups excluding carboxylic acids is 5. The van der Waals surface area contributed by atoms with Gasteiger partial charge < -0.3 is 28.6 Å². The van der Waals surface area contributed by atoms with Gasteiger partial charge >= 0.3 is 29.8 Å². The molecule has 1 aromatic carbocycles. The maximum Gasteiger partial charge on any atom is 0.308 e. The predicted molar refractivity (Wildman–Crippen MR) is 184 cm³/mol. The molecule has 1 unspecified atom stereocenters. The molecule has 2 fully saturated rings. The third-order valence-corrected chi connectivity index (χ3v) is 11.2. The van der Waals surface area contributed by atoms with Gasteiger partial charge in [0.15, 0.2) is 12.2 Å². The summed E-state index contributed by atoms with van der Waals surface area (Å²) in [6.45, 7) is 17.5. The Kier molecular flexibility index (Phi) is 11.7. The molecule has 0 aliphatic heterocycles. The number of rotatable bonds is 9. The first kappa shape index (κ1) is 38.8. The molecule has 4 rings (SSSR count). The zero-order chi connectivity index (χ0) is 37.3. The number of benzene rings is 1. The number of nitrogens with zero attached hydrogens (tertiary/aromatic N) is 1. The fourth-order valence-corrected chi connectivity index (χ4v) is 8.75. The Labute approximate surface area is 295 Å². The van der Waals surface area contributed by atoms with E-state index in [1.54, 1.807) is 0 Å². The van der Waals surface area contributed by atoms with Gasteiger partial charge in [0, 0.05) is 40.2 Å². The van der Waals surface area contributed by atoms with Crippen LogP contribution in [0.3, 0.4) is 0 Å². The van der Waals surface area contributed by atoms with Crippen molar-refractivity contribution in [3.05, 3.63) is 59.2 Å². The third kappa shape index (κ3) is 7.82. The van der Waals surface area contributed by atoms with E-state index in [9.17, 15) is 24.0 Å². The van der Waals surface area contributed by atoms with Gasteiger partial charge in [0.05, 0.1) is 11.8 Å². The summed E-state index contributed by atoms with van der Waals surface area (Å²) in [5.74, 6) is -3.40. The van der Waals surface area contributed by atoms with Crippen molar-refractivity contribution < 1.29 is 47.7 Å². The van der Waals surface area contributed by atoms with Crippen molar-refractivity contribution in [3.8, 4) is 0 Å². The molecule has 0 N–H and O–H groups in total. The number of ether oxygens (including phenoxy) is 5. The van der Waals surface area contributed by atoms with Crippen LogP contribution in [0.2, 0.25) is 0 Å². The Bertz CT molecular complexity index is 1530. The summed E-state index contributed by atoms with van der Waals surface area (Å²) in [6.07, 6.45) is -3.60. The molecule has 2 saturated carbocycles. The highest BCUT2D eigenvalue weighted by Crippen LogP contribution is 2.61. The lowest BCUT2D eigenvalue weighted by molar-refractivity contribution is -0.212. The standard InChI is InChI=1S/C39H53NO10/c1-21-29-17-28-18-31(46-23(3)41)22(2)35(38(28,7)8)36(48-25(5)43)37(49-26(6)44)39(29,9)33(47-24(4)42)20-32(21)50-34(45)19-30(40(10)11)27-15-13-12-14-16-27/h12-16,28-33,36-37H,1,17-20H2,2-11H3/t28-,29-,30-,31+,32+,33+,36-,37?,39+/m1/s1. The van der Waals surface area contributed by atoms with Gasteiger partial charge in [-0.3, -0.25) is 24.0 Å². The van der Waals surface area contributed by atoms with Crippen molar-refractivity contribution in [2.24, 2.45) is 22.7 Å². The zero-order valence-corrected chi connectivity index (χ0v) is 31.1. The maximum atomic E-state index is 13.7. The molecule has 0 radical (unpaired) electrons. The lowest BCUT2D eigenvalue weighted by atomic mass is 9.49. The Morgan fingerprint density at radius 3 is 1.92 bits per heavy atom. The minimum absolute atomic E-state index is 0.0574. The highest BCUT2D eigenvalue weighted by atomic mass is 16.6. The van der Waals surface area contributed by atoms with Crippen molar-refractivity contribution in [2.45, 2.75) is 118 Å². The second kappa shape index (κ2) is 15.1. The molecular weight excluding hydrogens is 642 g/mol. The topological polar surface area (TPSA) is 135 Å². The van der Waals surface area contributed by atoms with Gasteiger partial charge in [-0.05, 0) is 73.4 Å². The van der Waals surface area contributed by atoms with E-state index < -0.39 is 77.1 Å². The van der Waals surface area contributed by atoms with E-state index in [2.05, 4.69) is 6.58 Å². The van der Waals surface area contributed by atoms with Crippen LogP contribution in [0.1, 0.15) is 92.7 Å². The number of fused-ring (bicyclic) bond motifs is 3. The van der Waals surface area contributed by atoms with Crippen molar-refractivity contribution in [3.63, 3.8) is 0 Å². The number of esters is 5. The van der Waals surface area contributed by atoms with Gasteiger partial charge in [0.25, 0.3) is 0 Å². The number of hydrogen-bond donors (Lipinski definition) is 0. The minimum Gasteiger partial charge on any atom is -0.462 e. The average molecular weight is 696 g/mol. The Balaban J connectivity index is 1.86. The molecule has 0 amide bonds. The minimum atomic E-state index is -1.18. The van der Waals surface area contributed by atoms with Crippen LogP contribution in [0.25, 0.3) is 0 Å². The smallest absolute Gasteiger partial charge is 0.308 e. The van der Waals surface area contributed by atoms with Crippen molar-refractivity contribution in [1.29, 1.82) is 0 Å². The molecule has 1 aromatic rings. The molecule has 3 aliphatic carbocycles. The fraction of sp³-hybridized carbons (Fsp3) is 0.615. The predicted octanol–water partition coefficient (Wildman–Crippen LogP) is 5.67. The van der Waals surface area contributed by atoms with E-state index >= 15 is 0 Å². The van der Waals surface area contributed by atoms with Crippen molar-refractivity contribution in [2.75, 3.05) is 14.1 Å². The Morgan fingerprint density at radius 1 is 0.800 bits per heavy atom. The average Bonchev–Trinajstić information content (AvgIpc) is 3.00. The van der Waals surface area contributed by atoms with Crippen LogP contribution in [-0.2, 0) is 47.7 Å². The molecule has 9 atom stereocenters. The normalized spacial score (nSPS) is 30.9. The van der Waals surface area contributed by atoms with E-state index in [-0.39, 0.29) is 24.8 Å². The van der Waals surface area contributed by atoms with E-state index in [0.29, 0.717) is 29.6 Å². The van der Waals surface area contributed by atoms with E-state index in [1.807, 2.05) is 77.0 Å². The second-order valence-corrected chi connectivity index (χ2v) is 15.0. The quantitative estimate of drug-likeness (QED) is 0.180. The van der Waals surface area contributed by atoms with Gasteiger partial charge in [-0.2, -0.15) is 0 Å². The molecular formula is C39H53NO10. The van der Waals surface area contributed by atoms with Gasteiger partial charge in [-0.25, -0.2) is 0 Å². The van der Waals surface area contributed by atoms with E-state index in [1.165, 1.54) is 27.7 Å². The fourth-order valence-electron chi connectivity index (χ4n) is 8.75. The third-order valence-electron chi connectivity index (χ3n) is 11.2. The lowest BCUT2D eigenvalue weighted by Crippen LogP contribution is -2.64. The summed E-state index contributed by atoms with van der Waals surface area (Å²) >= 11 is 0. The maximum absolute atomic E-state index is 13.7. The summed E-state index contributed by atoms with van der Waals surface area (Å²) in [4.78, 5) is 66.5. The lowest BCUT2D eigenvalue weighted by Gasteiger charge is -2.59. The number of carbonyl (C=O) groups is 5. The molecule has 11 heteroatoms. The summed E-state index contributed by atoms with van der Waals surface area (Å²) in [7, 11) is 3.80. The molecule has 274 valence electrons. The van der Waals surface area contributed by atoms with E-state index in [4.69, 9.17) is 23.7 Å². The first-order chi connectivity index (χ1) is 23.3. The van der Waals surface area contributed by atoms with Crippen molar-refractivity contribution in [1.82, 2.24) is 4.90 Å². The van der Waals surface area contributed by atoms with Crippen molar-refractivity contribution >= 4 is 29.8 Å². The van der Waals surface area contributed by atoms with Crippen LogP contribution in [-0.4, -0.2) is 79.4 Å². The molecule has 11 nitrogen and oxygen atoms in total. The highest BCUT2D eigenvalue weighted by molar-refractivity contribution is 5.71. The first-order valence-electron chi connectivity index (χ1n) is 17.3. The molecule has 3 aliphatic rings. The molecule has 0 spiro atoms. The molecule has 0 aromatic heterocycles. The van der Waals surface area contributed by atoms with Gasteiger partial charge in [-0.15, -0.1) is 0 Å².